The predicted octanol–water partition coefficient (Wildman–Crippen LogP) is 1.51. The number of rotatable bonds is 5. The molecule has 3 heterocycles. The second-order valence-electron chi connectivity index (χ2n) is 6.83. The summed E-state index contributed by atoms with van der Waals surface area (Å²) in [6.45, 7) is 3.72. The van der Waals surface area contributed by atoms with Crippen LogP contribution in [0.25, 0.3) is 0 Å². The first-order valence-corrected chi connectivity index (χ1v) is 8.25. The Balaban J connectivity index is 1.43. The molecule has 0 bridgehead atoms. The van der Waals surface area contributed by atoms with Crippen molar-refractivity contribution in [2.45, 2.75) is 37.5 Å². The van der Waals surface area contributed by atoms with Gasteiger partial charge in [0.2, 0.25) is 5.91 Å². The van der Waals surface area contributed by atoms with Crippen molar-refractivity contribution < 1.29 is 18.7 Å². The first kappa shape index (κ1) is 16.5. The zero-order valence-electron chi connectivity index (χ0n) is 14.0. The van der Waals surface area contributed by atoms with E-state index in [9.17, 15) is 4.79 Å². The molecule has 6 nitrogen and oxygen atoms in total. The molecule has 0 aromatic carbocycles. The maximum absolute atomic E-state index is 11.6. The second kappa shape index (κ2) is 7.03. The normalized spacial score (nSPS) is 24.2. The molecule has 2 fully saturated rings. The Bertz CT molecular complexity index is 507. The molecule has 128 valence electrons. The van der Waals surface area contributed by atoms with Crippen molar-refractivity contribution in [2.75, 3.05) is 40.4 Å². The van der Waals surface area contributed by atoms with Crippen LogP contribution in [0.5, 0.6) is 0 Å². The van der Waals surface area contributed by atoms with Crippen LogP contribution in [0.3, 0.4) is 0 Å². The molecule has 1 spiro atoms. The smallest absolute Gasteiger partial charge is 0.248 e. The van der Waals surface area contributed by atoms with Gasteiger partial charge in [-0.3, -0.25) is 9.69 Å². The van der Waals surface area contributed by atoms with Crippen LogP contribution in [0.1, 0.15) is 24.8 Å². The van der Waals surface area contributed by atoms with Crippen molar-refractivity contribution in [3.05, 3.63) is 24.2 Å². The molecule has 2 aliphatic heterocycles. The largest absolute Gasteiger partial charge is 0.472 e. The van der Waals surface area contributed by atoms with Gasteiger partial charge in [0, 0.05) is 45.7 Å². The number of piperidine rings is 1. The molecule has 2 saturated heterocycles. The van der Waals surface area contributed by atoms with Crippen molar-refractivity contribution >= 4 is 5.91 Å². The maximum Gasteiger partial charge on any atom is 0.248 e. The number of hydrogen-bond donors (Lipinski definition) is 0. The lowest BCUT2D eigenvalue weighted by atomic mass is 9.88. The van der Waals surface area contributed by atoms with Crippen molar-refractivity contribution in [3.8, 4) is 0 Å². The summed E-state index contributed by atoms with van der Waals surface area (Å²) in [6, 6.07) is 2.02. The fourth-order valence-corrected chi connectivity index (χ4v) is 3.34. The van der Waals surface area contributed by atoms with Crippen LogP contribution in [0.15, 0.2) is 23.0 Å². The van der Waals surface area contributed by atoms with Gasteiger partial charge in [-0.15, -0.1) is 0 Å². The lowest BCUT2D eigenvalue weighted by Crippen LogP contribution is -2.44. The Morgan fingerprint density at radius 1 is 1.43 bits per heavy atom. The van der Waals surface area contributed by atoms with E-state index >= 15 is 0 Å². The molecule has 3 rings (SSSR count). The minimum atomic E-state index is -0.0568. The van der Waals surface area contributed by atoms with E-state index in [0.717, 1.165) is 38.9 Å². The third kappa shape index (κ3) is 4.13. The summed E-state index contributed by atoms with van der Waals surface area (Å²) < 4.78 is 16.9. The Hall–Kier alpha value is -1.37. The first-order valence-electron chi connectivity index (χ1n) is 8.25. The zero-order valence-corrected chi connectivity index (χ0v) is 14.0. The third-order valence-corrected chi connectivity index (χ3v) is 4.87. The average Bonchev–Trinajstić information content (AvgIpc) is 3.18. The van der Waals surface area contributed by atoms with Gasteiger partial charge in [0.05, 0.1) is 30.8 Å². The molecule has 0 radical (unpaired) electrons. The number of hydrogen-bond acceptors (Lipinski definition) is 5. The number of likely N-dealkylation sites (N-methyl/N-ethyl adjacent to an activating group) is 1. The number of ether oxygens (including phenoxy) is 2. The summed E-state index contributed by atoms with van der Waals surface area (Å²) in [5, 5.41) is 0. The molecule has 2 aliphatic rings. The van der Waals surface area contributed by atoms with Gasteiger partial charge in [-0.2, -0.15) is 0 Å². The number of likely N-dealkylation sites (tertiary alicyclic amines) is 1. The van der Waals surface area contributed by atoms with Gasteiger partial charge in [-0.1, -0.05) is 0 Å². The molecule has 0 N–H and O–H groups in total. The highest BCUT2D eigenvalue weighted by Gasteiger charge is 2.43. The fraction of sp³-hybridized carbons (Fsp3) is 0.706. The van der Waals surface area contributed by atoms with E-state index in [-0.39, 0.29) is 24.2 Å². The minimum Gasteiger partial charge on any atom is -0.472 e. The van der Waals surface area contributed by atoms with Crippen molar-refractivity contribution in [1.82, 2.24) is 9.80 Å². The monoisotopic (exact) mass is 322 g/mol. The van der Waals surface area contributed by atoms with Crippen LogP contribution in [0.2, 0.25) is 0 Å². The number of furan rings is 1. The molecular weight excluding hydrogens is 296 g/mol. The Kier molecular flexibility index (Phi) is 5.04. The van der Waals surface area contributed by atoms with Crippen LogP contribution < -0.4 is 0 Å². The van der Waals surface area contributed by atoms with E-state index in [4.69, 9.17) is 13.9 Å². The Morgan fingerprint density at radius 3 is 2.87 bits per heavy atom. The zero-order chi connectivity index (χ0) is 16.3. The van der Waals surface area contributed by atoms with E-state index in [1.807, 2.05) is 12.3 Å². The van der Waals surface area contributed by atoms with Gasteiger partial charge in [0.25, 0.3) is 0 Å². The third-order valence-electron chi connectivity index (χ3n) is 4.87. The molecule has 6 heteroatoms. The molecule has 1 atom stereocenters. The van der Waals surface area contributed by atoms with Crippen LogP contribution in [-0.2, 0) is 20.8 Å². The summed E-state index contributed by atoms with van der Waals surface area (Å²) in [7, 11) is 3.49. The van der Waals surface area contributed by atoms with Gasteiger partial charge >= 0.3 is 0 Å². The highest BCUT2D eigenvalue weighted by Crippen LogP contribution is 2.37. The van der Waals surface area contributed by atoms with Gasteiger partial charge in [-0.05, 0) is 18.9 Å². The molecular formula is C17H26N2O4. The lowest BCUT2D eigenvalue weighted by Gasteiger charge is -2.38. The number of amides is 1. The van der Waals surface area contributed by atoms with Crippen LogP contribution in [0, 0.1) is 0 Å². The van der Waals surface area contributed by atoms with E-state index < -0.39 is 0 Å². The average molecular weight is 322 g/mol. The molecule has 0 aliphatic carbocycles. The van der Waals surface area contributed by atoms with Gasteiger partial charge in [-0.25, -0.2) is 0 Å². The molecule has 0 saturated carbocycles. The van der Waals surface area contributed by atoms with E-state index in [1.54, 1.807) is 25.3 Å². The highest BCUT2D eigenvalue weighted by atomic mass is 16.6. The SMILES string of the molecule is CN(C)C(=O)COC1COC2(CCN(Cc3ccoc3)CC2)C1. The molecule has 1 amide bonds. The van der Waals surface area contributed by atoms with Gasteiger partial charge in [0.15, 0.2) is 0 Å². The summed E-state index contributed by atoms with van der Waals surface area (Å²) in [4.78, 5) is 15.6. The predicted molar refractivity (Wildman–Crippen MR) is 85.0 cm³/mol. The van der Waals surface area contributed by atoms with Crippen molar-refractivity contribution in [1.29, 1.82) is 0 Å². The molecule has 23 heavy (non-hydrogen) atoms. The molecule has 1 aromatic rings. The topological polar surface area (TPSA) is 55.2 Å². The fourth-order valence-electron chi connectivity index (χ4n) is 3.34. The molecule has 1 unspecified atom stereocenters. The first-order chi connectivity index (χ1) is 11.1. The van der Waals surface area contributed by atoms with E-state index in [2.05, 4.69) is 4.90 Å². The lowest BCUT2D eigenvalue weighted by molar-refractivity contribution is -0.135. The number of carbonyl (C=O) groups excluding carboxylic acids is 1. The van der Waals surface area contributed by atoms with Gasteiger partial charge < -0.3 is 18.8 Å². The van der Waals surface area contributed by atoms with Crippen LogP contribution >= 0.6 is 0 Å². The summed E-state index contributed by atoms with van der Waals surface area (Å²) in [5.41, 5.74) is 1.16. The Morgan fingerprint density at radius 2 is 2.22 bits per heavy atom. The van der Waals surface area contributed by atoms with Crippen LogP contribution in [0.4, 0.5) is 0 Å². The van der Waals surface area contributed by atoms with E-state index in [0.29, 0.717) is 6.61 Å². The highest BCUT2D eigenvalue weighted by molar-refractivity contribution is 5.76. The quantitative estimate of drug-likeness (QED) is 0.822. The van der Waals surface area contributed by atoms with E-state index in [1.165, 1.54) is 5.56 Å². The van der Waals surface area contributed by atoms with Crippen molar-refractivity contribution in [3.63, 3.8) is 0 Å². The standard InChI is InChI=1S/C17H26N2O4/c1-18(2)16(20)13-22-15-9-17(23-12-15)4-6-19(7-5-17)10-14-3-8-21-11-14/h3,8,11,15H,4-7,9-10,12-13H2,1-2H3. The minimum absolute atomic E-state index is 0.000816. The second-order valence-corrected chi connectivity index (χ2v) is 6.83. The summed E-state index contributed by atoms with van der Waals surface area (Å²) >= 11 is 0. The summed E-state index contributed by atoms with van der Waals surface area (Å²) in [5.74, 6) is 0.000816. The molecule has 1 aromatic heterocycles. The van der Waals surface area contributed by atoms with Crippen molar-refractivity contribution in [2.24, 2.45) is 0 Å². The van der Waals surface area contributed by atoms with Crippen LogP contribution in [-0.4, -0.2) is 67.8 Å². The maximum atomic E-state index is 11.6. The number of nitrogens with zero attached hydrogens (tertiary/aromatic N) is 2. The summed E-state index contributed by atoms with van der Waals surface area (Å²) in [6.07, 6.45) is 6.51. The number of carbonyl (C=O) groups is 1. The van der Waals surface area contributed by atoms with Gasteiger partial charge in [0.1, 0.15) is 6.61 Å². The Labute approximate surface area is 137 Å².